The van der Waals surface area contributed by atoms with Crippen LogP contribution in [0.4, 0.5) is 0 Å². The lowest BCUT2D eigenvalue weighted by Crippen LogP contribution is -2.43. The normalized spacial score (nSPS) is 36.6. The van der Waals surface area contributed by atoms with Crippen LogP contribution >= 0.6 is 0 Å². The Morgan fingerprint density at radius 1 is 1.60 bits per heavy atom. The van der Waals surface area contributed by atoms with Gasteiger partial charge in [0, 0.05) is 25.2 Å². The lowest BCUT2D eigenvalue weighted by molar-refractivity contribution is -0.120. The fourth-order valence-electron chi connectivity index (χ4n) is 2.86. The van der Waals surface area contributed by atoms with Crippen molar-refractivity contribution in [1.82, 2.24) is 5.32 Å². The van der Waals surface area contributed by atoms with Crippen molar-refractivity contribution in [3.8, 4) is 0 Å². The minimum atomic E-state index is 0.0858. The van der Waals surface area contributed by atoms with Crippen LogP contribution in [0.5, 0.6) is 0 Å². The zero-order valence-corrected chi connectivity index (χ0v) is 9.55. The van der Waals surface area contributed by atoms with Gasteiger partial charge in [-0.15, -0.1) is 0 Å². The van der Waals surface area contributed by atoms with E-state index in [1.807, 2.05) is 0 Å². The van der Waals surface area contributed by atoms with Crippen LogP contribution in [-0.2, 0) is 9.53 Å². The van der Waals surface area contributed by atoms with Gasteiger partial charge in [-0.2, -0.15) is 0 Å². The van der Waals surface area contributed by atoms with Gasteiger partial charge in [0.25, 0.3) is 0 Å². The quantitative estimate of drug-likeness (QED) is 0.774. The molecule has 15 heavy (non-hydrogen) atoms. The van der Waals surface area contributed by atoms with Gasteiger partial charge in [-0.05, 0) is 38.0 Å². The number of rotatable bonds is 3. The molecule has 2 fully saturated rings. The molecule has 2 aliphatic heterocycles. The van der Waals surface area contributed by atoms with Crippen molar-refractivity contribution in [2.75, 3.05) is 13.2 Å². The third-order valence-corrected chi connectivity index (χ3v) is 3.85. The number of hydrogen-bond acceptors (Lipinski definition) is 2. The third-order valence-electron chi connectivity index (χ3n) is 3.85. The number of ether oxygens (including phenoxy) is 1. The minimum Gasteiger partial charge on any atom is -0.381 e. The van der Waals surface area contributed by atoms with Crippen LogP contribution in [0.2, 0.25) is 0 Å². The van der Waals surface area contributed by atoms with E-state index >= 15 is 0 Å². The van der Waals surface area contributed by atoms with Crippen LogP contribution in [0.25, 0.3) is 0 Å². The first-order chi connectivity index (χ1) is 7.24. The first-order valence-corrected chi connectivity index (χ1v) is 6.13. The maximum atomic E-state index is 11.3. The molecule has 1 N–H and O–H groups in total. The van der Waals surface area contributed by atoms with E-state index in [0.29, 0.717) is 12.3 Å². The summed E-state index contributed by atoms with van der Waals surface area (Å²) in [5.41, 5.74) is 0.0858. The topological polar surface area (TPSA) is 38.3 Å². The van der Waals surface area contributed by atoms with Gasteiger partial charge in [-0.1, -0.05) is 6.92 Å². The lowest BCUT2D eigenvalue weighted by atomic mass is 9.82. The maximum absolute atomic E-state index is 11.3. The average Bonchev–Trinajstić information content (AvgIpc) is 2.62. The monoisotopic (exact) mass is 211 g/mol. The standard InChI is InChI=1S/C12H21NO2/c1-2-12(6-5-11(14)13-12)8-10-4-3-7-15-9-10/h10H,2-9H2,1H3,(H,13,14). The molecule has 2 atom stereocenters. The second-order valence-electron chi connectivity index (χ2n) is 4.97. The highest BCUT2D eigenvalue weighted by atomic mass is 16.5. The number of carbonyl (C=O) groups is 1. The van der Waals surface area contributed by atoms with E-state index in [-0.39, 0.29) is 11.4 Å². The van der Waals surface area contributed by atoms with E-state index in [2.05, 4.69) is 12.2 Å². The zero-order chi connectivity index (χ0) is 10.7. The number of hydrogen-bond donors (Lipinski definition) is 1. The van der Waals surface area contributed by atoms with E-state index < -0.39 is 0 Å². The predicted molar refractivity (Wildman–Crippen MR) is 58.6 cm³/mol. The van der Waals surface area contributed by atoms with E-state index in [4.69, 9.17) is 4.74 Å². The SMILES string of the molecule is CCC1(CC2CCCOC2)CCC(=O)N1. The molecule has 0 radical (unpaired) electrons. The summed E-state index contributed by atoms with van der Waals surface area (Å²) >= 11 is 0. The predicted octanol–water partition coefficient (Wildman–Crippen LogP) is 1.86. The van der Waals surface area contributed by atoms with E-state index in [1.165, 1.54) is 12.8 Å². The number of amides is 1. The van der Waals surface area contributed by atoms with Crippen molar-refractivity contribution >= 4 is 5.91 Å². The summed E-state index contributed by atoms with van der Waals surface area (Å²) < 4.78 is 5.50. The Balaban J connectivity index is 1.92. The van der Waals surface area contributed by atoms with Crippen molar-refractivity contribution in [1.29, 1.82) is 0 Å². The smallest absolute Gasteiger partial charge is 0.220 e. The van der Waals surface area contributed by atoms with Gasteiger partial charge in [-0.3, -0.25) is 4.79 Å². The van der Waals surface area contributed by atoms with Crippen molar-refractivity contribution in [3.63, 3.8) is 0 Å². The highest BCUT2D eigenvalue weighted by Crippen LogP contribution is 2.33. The van der Waals surface area contributed by atoms with Gasteiger partial charge in [0.05, 0.1) is 0 Å². The molecule has 2 heterocycles. The van der Waals surface area contributed by atoms with Crippen molar-refractivity contribution in [2.45, 2.75) is 51.0 Å². The lowest BCUT2D eigenvalue weighted by Gasteiger charge is -2.33. The van der Waals surface area contributed by atoms with Gasteiger partial charge < -0.3 is 10.1 Å². The molecule has 3 heteroatoms. The fourth-order valence-corrected chi connectivity index (χ4v) is 2.86. The van der Waals surface area contributed by atoms with Crippen molar-refractivity contribution < 1.29 is 9.53 Å². The number of nitrogens with one attached hydrogen (secondary N) is 1. The Kier molecular flexibility index (Phi) is 3.29. The molecule has 2 saturated heterocycles. The number of carbonyl (C=O) groups excluding carboxylic acids is 1. The van der Waals surface area contributed by atoms with Crippen LogP contribution in [-0.4, -0.2) is 24.7 Å². The Bertz CT molecular complexity index is 236. The molecule has 2 aliphatic rings. The summed E-state index contributed by atoms with van der Waals surface area (Å²) in [4.78, 5) is 11.3. The van der Waals surface area contributed by atoms with E-state index in [9.17, 15) is 4.79 Å². The van der Waals surface area contributed by atoms with E-state index in [1.54, 1.807) is 0 Å². The Hall–Kier alpha value is -0.570. The second kappa shape index (κ2) is 4.52. The van der Waals surface area contributed by atoms with Crippen molar-refractivity contribution in [3.05, 3.63) is 0 Å². The molecule has 2 unspecified atom stereocenters. The third kappa shape index (κ3) is 2.51. The van der Waals surface area contributed by atoms with E-state index in [0.717, 1.165) is 32.5 Å². The Labute approximate surface area is 91.6 Å². The summed E-state index contributed by atoms with van der Waals surface area (Å²) in [7, 11) is 0. The second-order valence-corrected chi connectivity index (χ2v) is 4.97. The molecule has 1 amide bonds. The molecule has 3 nitrogen and oxygen atoms in total. The van der Waals surface area contributed by atoms with Gasteiger partial charge in [0.15, 0.2) is 0 Å². The Morgan fingerprint density at radius 2 is 2.47 bits per heavy atom. The minimum absolute atomic E-state index is 0.0858. The first-order valence-electron chi connectivity index (χ1n) is 6.13. The molecule has 0 aromatic heterocycles. The molecule has 0 spiro atoms. The van der Waals surface area contributed by atoms with Gasteiger partial charge in [0.2, 0.25) is 5.91 Å². The average molecular weight is 211 g/mol. The Morgan fingerprint density at radius 3 is 3.00 bits per heavy atom. The molecule has 2 rings (SSSR count). The maximum Gasteiger partial charge on any atom is 0.220 e. The zero-order valence-electron chi connectivity index (χ0n) is 9.55. The molecule has 86 valence electrons. The summed E-state index contributed by atoms with van der Waals surface area (Å²) in [6.45, 7) is 3.98. The highest BCUT2D eigenvalue weighted by Gasteiger charge is 2.38. The van der Waals surface area contributed by atoms with Crippen LogP contribution in [0, 0.1) is 5.92 Å². The summed E-state index contributed by atoms with van der Waals surface area (Å²) in [5, 5.41) is 3.17. The molecular weight excluding hydrogens is 190 g/mol. The van der Waals surface area contributed by atoms with Gasteiger partial charge in [-0.25, -0.2) is 0 Å². The van der Waals surface area contributed by atoms with Crippen LogP contribution in [0.15, 0.2) is 0 Å². The summed E-state index contributed by atoms with van der Waals surface area (Å²) in [6, 6.07) is 0. The highest BCUT2D eigenvalue weighted by molar-refractivity contribution is 5.79. The molecule has 0 aromatic rings. The molecule has 0 aliphatic carbocycles. The fraction of sp³-hybridized carbons (Fsp3) is 0.917. The van der Waals surface area contributed by atoms with Gasteiger partial charge in [0.1, 0.15) is 0 Å². The molecule has 0 saturated carbocycles. The van der Waals surface area contributed by atoms with Crippen LogP contribution in [0.1, 0.15) is 45.4 Å². The van der Waals surface area contributed by atoms with Gasteiger partial charge >= 0.3 is 0 Å². The summed E-state index contributed by atoms with van der Waals surface area (Å²) in [6.07, 6.45) is 6.32. The molecule has 0 aromatic carbocycles. The largest absolute Gasteiger partial charge is 0.381 e. The summed E-state index contributed by atoms with van der Waals surface area (Å²) in [5.74, 6) is 0.880. The molecule has 0 bridgehead atoms. The van der Waals surface area contributed by atoms with Crippen LogP contribution < -0.4 is 5.32 Å². The molecular formula is C12H21NO2. The van der Waals surface area contributed by atoms with Crippen molar-refractivity contribution in [2.24, 2.45) is 5.92 Å². The van der Waals surface area contributed by atoms with Crippen LogP contribution in [0.3, 0.4) is 0 Å². The first kappa shape index (κ1) is 10.9.